The van der Waals surface area contributed by atoms with Crippen LogP contribution in [-0.4, -0.2) is 78.4 Å². The molecule has 0 spiro atoms. The predicted octanol–water partition coefficient (Wildman–Crippen LogP) is 1.87. The van der Waals surface area contributed by atoms with E-state index in [-0.39, 0.29) is 54.5 Å². The molecule has 0 saturated carbocycles. The first-order valence-electron chi connectivity index (χ1n) is 9.23. The largest absolute Gasteiger partial charge is 0.450 e. The number of sulfonamides is 1. The third kappa shape index (κ3) is 6.12. The molecule has 3 rings (SSSR count). The number of carbonyl (C=O) groups is 2. The van der Waals surface area contributed by atoms with Crippen LogP contribution in [0.3, 0.4) is 0 Å². The van der Waals surface area contributed by atoms with E-state index in [9.17, 15) is 22.4 Å². The number of nitrogens with one attached hydrogen (secondary N) is 1. The van der Waals surface area contributed by atoms with Crippen LogP contribution in [-0.2, 0) is 19.6 Å². The van der Waals surface area contributed by atoms with E-state index >= 15 is 0 Å². The van der Waals surface area contributed by atoms with Gasteiger partial charge in [-0.05, 0) is 25.1 Å². The molecule has 1 fully saturated rings. The fourth-order valence-corrected chi connectivity index (χ4v) is 5.84. The number of hydrogen-bond donors (Lipinski definition) is 1. The third-order valence-electron chi connectivity index (χ3n) is 4.24. The average molecular weight is 490 g/mol. The van der Waals surface area contributed by atoms with E-state index in [0.717, 1.165) is 17.4 Å². The number of halogens is 1. The maximum absolute atomic E-state index is 13.4. The van der Waals surface area contributed by atoms with Gasteiger partial charge in [0.05, 0.1) is 17.3 Å². The molecule has 1 N–H and O–H groups in total. The summed E-state index contributed by atoms with van der Waals surface area (Å²) in [6.07, 6.45) is -0.627. The van der Waals surface area contributed by atoms with Gasteiger partial charge >= 0.3 is 6.09 Å². The minimum absolute atomic E-state index is 0.102. The molecule has 2 heterocycles. The second-order valence-electron chi connectivity index (χ2n) is 6.25. The maximum Gasteiger partial charge on any atom is 0.413 e. The Morgan fingerprint density at radius 3 is 2.68 bits per heavy atom. The van der Waals surface area contributed by atoms with Crippen LogP contribution in [0.5, 0.6) is 0 Å². The lowest BCUT2D eigenvalue weighted by Crippen LogP contribution is -2.50. The molecule has 2 aromatic rings. The zero-order chi connectivity index (χ0) is 22.4. The molecule has 2 amide bonds. The van der Waals surface area contributed by atoms with E-state index in [1.54, 1.807) is 11.8 Å². The second kappa shape index (κ2) is 10.3. The van der Waals surface area contributed by atoms with Crippen molar-refractivity contribution in [1.29, 1.82) is 0 Å². The van der Waals surface area contributed by atoms with Crippen LogP contribution in [0.2, 0.25) is 0 Å². The standard InChI is InChI=1S/C17H20FN5O5S3/c1-2-28-16(25)19-15-20-21-17(30-15)29-11-14(24)22-6-8-23(9-7-22)31(26,27)13-5-3-4-12(18)10-13/h3-5,10H,2,6-9,11H2,1H3,(H,19,20,25). The highest BCUT2D eigenvalue weighted by Crippen LogP contribution is 2.26. The van der Waals surface area contributed by atoms with Crippen molar-refractivity contribution in [3.8, 4) is 0 Å². The van der Waals surface area contributed by atoms with Crippen LogP contribution >= 0.6 is 23.1 Å². The Balaban J connectivity index is 1.48. The Morgan fingerprint density at radius 1 is 1.26 bits per heavy atom. The lowest BCUT2D eigenvalue weighted by atomic mass is 10.3. The summed E-state index contributed by atoms with van der Waals surface area (Å²) in [5.74, 6) is -0.683. The smallest absolute Gasteiger partial charge is 0.413 e. The summed E-state index contributed by atoms with van der Waals surface area (Å²) in [6.45, 7) is 2.64. The lowest BCUT2D eigenvalue weighted by molar-refractivity contribution is -0.129. The molecule has 14 heteroatoms. The Labute approximate surface area is 186 Å². The fraction of sp³-hybridized carbons (Fsp3) is 0.412. The Kier molecular flexibility index (Phi) is 7.80. The van der Waals surface area contributed by atoms with Gasteiger partial charge in [0.25, 0.3) is 0 Å². The molecule has 0 bridgehead atoms. The number of carbonyl (C=O) groups excluding carboxylic acids is 2. The zero-order valence-electron chi connectivity index (χ0n) is 16.5. The number of hydrogen-bond acceptors (Lipinski definition) is 9. The van der Waals surface area contributed by atoms with Crippen LogP contribution in [0.15, 0.2) is 33.5 Å². The van der Waals surface area contributed by atoms with Crippen molar-refractivity contribution in [1.82, 2.24) is 19.4 Å². The summed E-state index contributed by atoms with van der Waals surface area (Å²) < 4.78 is 45.2. The van der Waals surface area contributed by atoms with Crippen molar-refractivity contribution in [2.75, 3.05) is 43.9 Å². The van der Waals surface area contributed by atoms with Gasteiger partial charge in [-0.2, -0.15) is 4.31 Å². The molecular weight excluding hydrogens is 469 g/mol. The summed E-state index contributed by atoms with van der Waals surface area (Å²) in [5, 5.41) is 10.4. The van der Waals surface area contributed by atoms with Gasteiger partial charge < -0.3 is 9.64 Å². The molecule has 0 aliphatic carbocycles. The van der Waals surface area contributed by atoms with E-state index in [4.69, 9.17) is 4.74 Å². The van der Waals surface area contributed by atoms with E-state index in [1.165, 1.54) is 34.3 Å². The Bertz CT molecular complexity index is 1040. The fourth-order valence-electron chi connectivity index (χ4n) is 2.74. The van der Waals surface area contributed by atoms with Crippen molar-refractivity contribution in [2.45, 2.75) is 16.2 Å². The molecule has 168 valence electrons. The lowest BCUT2D eigenvalue weighted by Gasteiger charge is -2.34. The van der Waals surface area contributed by atoms with E-state index in [1.807, 2.05) is 0 Å². The number of rotatable bonds is 7. The quantitative estimate of drug-likeness (QED) is 0.462. The van der Waals surface area contributed by atoms with Crippen molar-refractivity contribution >= 4 is 50.3 Å². The summed E-state index contributed by atoms with van der Waals surface area (Å²) in [5.41, 5.74) is 0. The van der Waals surface area contributed by atoms with Crippen LogP contribution in [0.1, 0.15) is 6.92 Å². The highest BCUT2D eigenvalue weighted by Gasteiger charge is 2.30. The number of amides is 2. The van der Waals surface area contributed by atoms with Gasteiger partial charge in [0.2, 0.25) is 21.1 Å². The van der Waals surface area contributed by atoms with Crippen LogP contribution < -0.4 is 5.32 Å². The number of aromatic nitrogens is 2. The van der Waals surface area contributed by atoms with Crippen molar-refractivity contribution in [3.05, 3.63) is 30.1 Å². The number of ether oxygens (including phenoxy) is 1. The molecule has 1 aliphatic rings. The molecule has 1 saturated heterocycles. The van der Waals surface area contributed by atoms with Gasteiger partial charge in [-0.1, -0.05) is 29.2 Å². The van der Waals surface area contributed by atoms with Gasteiger partial charge in [-0.3, -0.25) is 10.1 Å². The number of anilines is 1. The van der Waals surface area contributed by atoms with Crippen molar-refractivity contribution < 1.29 is 27.1 Å². The van der Waals surface area contributed by atoms with Gasteiger partial charge in [0.15, 0.2) is 4.34 Å². The van der Waals surface area contributed by atoms with Crippen LogP contribution in [0.4, 0.5) is 14.3 Å². The van der Waals surface area contributed by atoms with Gasteiger partial charge in [0, 0.05) is 26.2 Å². The Hall–Kier alpha value is -2.29. The molecule has 0 radical (unpaired) electrons. The van der Waals surface area contributed by atoms with Gasteiger partial charge in [-0.25, -0.2) is 17.6 Å². The number of piperazine rings is 1. The van der Waals surface area contributed by atoms with E-state index in [0.29, 0.717) is 4.34 Å². The molecule has 1 aliphatic heterocycles. The number of thioether (sulfide) groups is 1. The SMILES string of the molecule is CCOC(=O)Nc1nnc(SCC(=O)N2CCN(S(=O)(=O)c3cccc(F)c3)CC2)s1. The molecule has 1 aromatic carbocycles. The average Bonchev–Trinajstić information content (AvgIpc) is 3.19. The monoisotopic (exact) mass is 489 g/mol. The number of benzene rings is 1. The first-order chi connectivity index (χ1) is 14.8. The van der Waals surface area contributed by atoms with E-state index in [2.05, 4.69) is 15.5 Å². The molecule has 0 unspecified atom stereocenters. The van der Waals surface area contributed by atoms with Crippen molar-refractivity contribution in [2.24, 2.45) is 0 Å². The normalized spacial score (nSPS) is 15.0. The topological polar surface area (TPSA) is 122 Å². The number of nitrogens with zero attached hydrogens (tertiary/aromatic N) is 4. The molecule has 0 atom stereocenters. The van der Waals surface area contributed by atoms with Crippen LogP contribution in [0.25, 0.3) is 0 Å². The molecule has 10 nitrogen and oxygen atoms in total. The maximum atomic E-state index is 13.4. The molecule has 31 heavy (non-hydrogen) atoms. The predicted molar refractivity (Wildman–Crippen MR) is 113 cm³/mol. The second-order valence-corrected chi connectivity index (χ2v) is 10.4. The van der Waals surface area contributed by atoms with Gasteiger partial charge in [0.1, 0.15) is 5.82 Å². The minimum Gasteiger partial charge on any atom is -0.450 e. The highest BCUT2D eigenvalue weighted by atomic mass is 32.2. The summed E-state index contributed by atoms with van der Waals surface area (Å²) >= 11 is 2.29. The van der Waals surface area contributed by atoms with Crippen LogP contribution in [0, 0.1) is 5.82 Å². The van der Waals surface area contributed by atoms with Crippen molar-refractivity contribution in [3.63, 3.8) is 0 Å². The Morgan fingerprint density at radius 2 is 2.00 bits per heavy atom. The molecular formula is C17H20FN5O5S3. The third-order valence-corrected chi connectivity index (χ3v) is 8.09. The first kappa shape index (κ1) is 23.4. The van der Waals surface area contributed by atoms with Gasteiger partial charge in [-0.15, -0.1) is 10.2 Å². The van der Waals surface area contributed by atoms with E-state index < -0.39 is 21.9 Å². The zero-order valence-corrected chi connectivity index (χ0v) is 18.9. The summed E-state index contributed by atoms with van der Waals surface area (Å²) in [6, 6.07) is 4.86. The molecule has 1 aromatic heterocycles. The summed E-state index contributed by atoms with van der Waals surface area (Å²) in [7, 11) is -3.81. The minimum atomic E-state index is -3.81. The first-order valence-corrected chi connectivity index (χ1v) is 12.5. The summed E-state index contributed by atoms with van der Waals surface area (Å²) in [4.78, 5) is 25.3. The highest BCUT2D eigenvalue weighted by molar-refractivity contribution is 8.01.